The maximum absolute atomic E-state index is 10.8. The van der Waals surface area contributed by atoms with Crippen LogP contribution in [0.3, 0.4) is 0 Å². The molecule has 0 radical (unpaired) electrons. The molecule has 0 saturated heterocycles. The van der Waals surface area contributed by atoms with Crippen LogP contribution in [0.25, 0.3) is 0 Å². The van der Waals surface area contributed by atoms with Crippen molar-refractivity contribution in [3.05, 3.63) is 22.5 Å². The highest BCUT2D eigenvalue weighted by atomic mass is 35.5. The average molecular weight is 227 g/mol. The van der Waals surface area contributed by atoms with Gasteiger partial charge in [0.1, 0.15) is 5.56 Å². The molecule has 1 aliphatic carbocycles. The fourth-order valence-electron chi connectivity index (χ4n) is 1.96. The molecule has 80 valence electrons. The summed E-state index contributed by atoms with van der Waals surface area (Å²) >= 11 is 5.64. The van der Waals surface area contributed by atoms with Gasteiger partial charge >= 0.3 is 5.97 Å². The molecule has 1 aliphatic rings. The van der Waals surface area contributed by atoms with E-state index in [1.165, 1.54) is 12.8 Å². The summed E-state index contributed by atoms with van der Waals surface area (Å²) in [7, 11) is 0. The lowest BCUT2D eigenvalue weighted by atomic mass is 10.0. The summed E-state index contributed by atoms with van der Waals surface area (Å²) in [6.45, 7) is 0. The van der Waals surface area contributed by atoms with Gasteiger partial charge in [-0.15, -0.1) is 5.10 Å². The highest BCUT2D eigenvalue weighted by Gasteiger charge is 2.21. The molecule has 0 aliphatic heterocycles. The quantitative estimate of drug-likeness (QED) is 0.842. The fourth-order valence-corrected chi connectivity index (χ4v) is 2.14. The minimum absolute atomic E-state index is 0.0377. The van der Waals surface area contributed by atoms with E-state index in [0.717, 1.165) is 18.5 Å². The lowest BCUT2D eigenvalue weighted by Crippen LogP contribution is -2.05. The Morgan fingerprint density at radius 2 is 2.07 bits per heavy atom. The van der Waals surface area contributed by atoms with Crippen molar-refractivity contribution >= 4 is 17.6 Å². The highest BCUT2D eigenvalue weighted by Crippen LogP contribution is 2.33. The van der Waals surface area contributed by atoms with Crippen LogP contribution in [0.1, 0.15) is 47.7 Å². The molecule has 1 fully saturated rings. The third kappa shape index (κ3) is 2.09. The first kappa shape index (κ1) is 10.4. The molecule has 1 heterocycles. The van der Waals surface area contributed by atoms with Gasteiger partial charge in [0, 0.05) is 5.92 Å². The molecule has 1 aromatic rings. The lowest BCUT2D eigenvalue weighted by Gasteiger charge is -2.08. The zero-order chi connectivity index (χ0) is 10.8. The second-order valence-electron chi connectivity index (χ2n) is 3.76. The van der Waals surface area contributed by atoms with E-state index in [1.807, 2.05) is 0 Å². The number of carboxylic acids is 1. The van der Waals surface area contributed by atoms with Gasteiger partial charge in [0.15, 0.2) is 5.15 Å². The van der Waals surface area contributed by atoms with Gasteiger partial charge in [-0.3, -0.25) is 0 Å². The van der Waals surface area contributed by atoms with Crippen molar-refractivity contribution in [1.82, 2.24) is 10.2 Å². The molecule has 0 aromatic carbocycles. The first-order chi connectivity index (χ1) is 7.18. The van der Waals surface area contributed by atoms with Crippen LogP contribution in [0.2, 0.25) is 5.15 Å². The Balaban J connectivity index is 2.33. The summed E-state index contributed by atoms with van der Waals surface area (Å²) in [5, 5.41) is 16.5. The van der Waals surface area contributed by atoms with Crippen LogP contribution in [0.5, 0.6) is 0 Å². The van der Waals surface area contributed by atoms with Crippen LogP contribution in [0, 0.1) is 0 Å². The first-order valence-corrected chi connectivity index (χ1v) is 5.32. The van der Waals surface area contributed by atoms with Crippen LogP contribution in [0.4, 0.5) is 0 Å². The molecule has 15 heavy (non-hydrogen) atoms. The molecule has 5 heteroatoms. The van der Waals surface area contributed by atoms with Gasteiger partial charge < -0.3 is 5.11 Å². The van der Waals surface area contributed by atoms with Crippen molar-refractivity contribution in [3.8, 4) is 0 Å². The van der Waals surface area contributed by atoms with E-state index in [4.69, 9.17) is 16.7 Å². The lowest BCUT2D eigenvalue weighted by molar-refractivity contribution is 0.0696. The summed E-state index contributed by atoms with van der Waals surface area (Å²) in [4.78, 5) is 10.8. The Bertz CT molecular complexity index is 389. The number of hydrogen-bond acceptors (Lipinski definition) is 3. The second kappa shape index (κ2) is 4.14. The number of carboxylic acid groups (broad SMARTS) is 1. The summed E-state index contributed by atoms with van der Waals surface area (Å²) in [5.41, 5.74) is 0.808. The minimum Gasteiger partial charge on any atom is -0.478 e. The van der Waals surface area contributed by atoms with Crippen molar-refractivity contribution in [3.63, 3.8) is 0 Å². The monoisotopic (exact) mass is 226 g/mol. The number of aromatic carboxylic acids is 1. The summed E-state index contributed by atoms with van der Waals surface area (Å²) in [5.74, 6) is -0.693. The van der Waals surface area contributed by atoms with Crippen molar-refractivity contribution < 1.29 is 9.90 Å². The van der Waals surface area contributed by atoms with E-state index in [0.29, 0.717) is 5.92 Å². The molecule has 0 atom stereocenters. The van der Waals surface area contributed by atoms with Crippen LogP contribution < -0.4 is 0 Å². The Morgan fingerprint density at radius 1 is 1.40 bits per heavy atom. The third-order valence-corrected chi connectivity index (χ3v) is 3.05. The summed E-state index contributed by atoms with van der Waals surface area (Å²) in [6.07, 6.45) is 4.49. The van der Waals surface area contributed by atoms with Crippen LogP contribution in [-0.2, 0) is 0 Å². The van der Waals surface area contributed by atoms with E-state index in [1.54, 1.807) is 6.07 Å². The van der Waals surface area contributed by atoms with Crippen LogP contribution in [-0.4, -0.2) is 21.3 Å². The van der Waals surface area contributed by atoms with E-state index >= 15 is 0 Å². The Kier molecular flexibility index (Phi) is 2.86. The molecular weight excluding hydrogens is 216 g/mol. The van der Waals surface area contributed by atoms with E-state index in [-0.39, 0.29) is 10.7 Å². The number of rotatable bonds is 2. The fraction of sp³-hybridized carbons (Fsp3) is 0.500. The van der Waals surface area contributed by atoms with E-state index in [9.17, 15) is 4.79 Å². The zero-order valence-corrected chi connectivity index (χ0v) is 8.87. The Hall–Kier alpha value is -1.16. The molecule has 2 rings (SSSR count). The third-order valence-electron chi connectivity index (χ3n) is 2.77. The Labute approximate surface area is 92.3 Å². The molecule has 0 spiro atoms. The van der Waals surface area contributed by atoms with Crippen molar-refractivity contribution in [2.24, 2.45) is 0 Å². The molecular formula is C10H11ClN2O2. The average Bonchev–Trinajstić information content (AvgIpc) is 2.71. The predicted molar refractivity (Wildman–Crippen MR) is 55.2 cm³/mol. The van der Waals surface area contributed by atoms with Crippen molar-refractivity contribution in [2.45, 2.75) is 31.6 Å². The van der Waals surface area contributed by atoms with Crippen molar-refractivity contribution in [1.29, 1.82) is 0 Å². The predicted octanol–water partition coefficient (Wildman–Crippen LogP) is 2.49. The van der Waals surface area contributed by atoms with Crippen molar-refractivity contribution in [2.75, 3.05) is 0 Å². The second-order valence-corrected chi connectivity index (χ2v) is 4.12. The zero-order valence-electron chi connectivity index (χ0n) is 8.11. The normalized spacial score (nSPS) is 16.9. The van der Waals surface area contributed by atoms with Gasteiger partial charge in [-0.1, -0.05) is 24.4 Å². The standard InChI is InChI=1S/C10H11ClN2O2/c11-9-7(10(14)15)5-8(12-13-9)6-3-1-2-4-6/h5-6H,1-4H2,(H,14,15). The molecule has 1 saturated carbocycles. The first-order valence-electron chi connectivity index (χ1n) is 4.95. The van der Waals surface area contributed by atoms with Gasteiger partial charge in [-0.2, -0.15) is 5.10 Å². The molecule has 0 bridgehead atoms. The number of halogens is 1. The van der Waals surface area contributed by atoms with Gasteiger partial charge in [-0.05, 0) is 18.9 Å². The van der Waals surface area contributed by atoms with Gasteiger partial charge in [-0.25, -0.2) is 4.79 Å². The smallest absolute Gasteiger partial charge is 0.338 e. The number of aromatic nitrogens is 2. The molecule has 0 unspecified atom stereocenters. The number of carbonyl (C=O) groups is 1. The topological polar surface area (TPSA) is 63.1 Å². The SMILES string of the molecule is O=C(O)c1cc(C2CCCC2)nnc1Cl. The highest BCUT2D eigenvalue weighted by molar-refractivity contribution is 6.32. The summed E-state index contributed by atoms with van der Waals surface area (Å²) in [6, 6.07) is 1.55. The van der Waals surface area contributed by atoms with E-state index < -0.39 is 5.97 Å². The van der Waals surface area contributed by atoms with Crippen LogP contribution >= 0.6 is 11.6 Å². The van der Waals surface area contributed by atoms with E-state index in [2.05, 4.69) is 10.2 Å². The molecule has 1 N–H and O–H groups in total. The number of hydrogen-bond donors (Lipinski definition) is 1. The molecule has 1 aromatic heterocycles. The van der Waals surface area contributed by atoms with Gasteiger partial charge in [0.2, 0.25) is 0 Å². The minimum atomic E-state index is -1.05. The summed E-state index contributed by atoms with van der Waals surface area (Å²) < 4.78 is 0. The largest absolute Gasteiger partial charge is 0.478 e. The number of nitrogens with zero attached hydrogens (tertiary/aromatic N) is 2. The molecule has 0 amide bonds. The van der Waals surface area contributed by atoms with Gasteiger partial charge in [0.25, 0.3) is 0 Å². The maximum atomic E-state index is 10.8. The maximum Gasteiger partial charge on any atom is 0.338 e. The van der Waals surface area contributed by atoms with Crippen LogP contribution in [0.15, 0.2) is 6.07 Å². The van der Waals surface area contributed by atoms with Gasteiger partial charge in [0.05, 0.1) is 5.69 Å². The molecule has 4 nitrogen and oxygen atoms in total. The Morgan fingerprint density at radius 3 is 2.67 bits per heavy atom.